The molecule has 0 unspecified atom stereocenters. The number of non-ortho nitro benzene ring substituents is 1. The first kappa shape index (κ1) is 23.2. The summed E-state index contributed by atoms with van der Waals surface area (Å²) in [5, 5.41) is 11.1. The van der Waals surface area contributed by atoms with Crippen molar-refractivity contribution in [1.29, 1.82) is 0 Å². The van der Waals surface area contributed by atoms with E-state index in [2.05, 4.69) is 0 Å². The summed E-state index contributed by atoms with van der Waals surface area (Å²) in [5.41, 5.74) is 0.734. The largest absolute Gasteiger partial charge is 0.455 e. The first-order chi connectivity index (χ1) is 14.9. The van der Waals surface area contributed by atoms with Crippen LogP contribution in [0.3, 0.4) is 0 Å². The summed E-state index contributed by atoms with van der Waals surface area (Å²) in [4.78, 5) is 10.7. The standard InChI is InChI=1S/C21H20N2O7S2/c1-15-4-9-18(10-5-15)32(28,29)19-11-7-17(8-12-19)30-21-14-16(23(24)25)6-13-20(21)22(2)31(3,26)27/h4-14H,1-3H3. The molecule has 0 aliphatic heterocycles. The Labute approximate surface area is 186 Å². The van der Waals surface area contributed by atoms with E-state index < -0.39 is 24.8 Å². The van der Waals surface area contributed by atoms with E-state index in [4.69, 9.17) is 4.74 Å². The number of nitrogens with zero attached hydrogens (tertiary/aromatic N) is 2. The molecule has 0 aliphatic rings. The minimum atomic E-state index is -3.74. The van der Waals surface area contributed by atoms with E-state index in [-0.39, 0.29) is 32.7 Å². The van der Waals surface area contributed by atoms with Gasteiger partial charge in [-0.1, -0.05) is 17.7 Å². The number of nitro benzene ring substituents is 1. The molecule has 0 atom stereocenters. The second-order valence-corrected chi connectivity index (χ2v) is 11.0. The van der Waals surface area contributed by atoms with Crippen molar-refractivity contribution in [3.05, 3.63) is 82.4 Å². The molecule has 0 aromatic heterocycles. The molecular formula is C21H20N2O7S2. The highest BCUT2D eigenvalue weighted by Crippen LogP contribution is 2.36. The zero-order valence-corrected chi connectivity index (χ0v) is 19.1. The highest BCUT2D eigenvalue weighted by molar-refractivity contribution is 7.92. The van der Waals surface area contributed by atoms with Crippen LogP contribution in [0.25, 0.3) is 0 Å². The van der Waals surface area contributed by atoms with Crippen LogP contribution in [-0.4, -0.2) is 35.1 Å². The van der Waals surface area contributed by atoms with E-state index in [1.54, 1.807) is 12.1 Å². The molecule has 11 heteroatoms. The Hall–Kier alpha value is -3.44. The van der Waals surface area contributed by atoms with Crippen molar-refractivity contribution in [1.82, 2.24) is 0 Å². The maximum atomic E-state index is 12.8. The lowest BCUT2D eigenvalue weighted by atomic mass is 10.2. The lowest BCUT2D eigenvalue weighted by Gasteiger charge is -2.20. The summed E-state index contributed by atoms with van der Waals surface area (Å²) < 4.78 is 56.1. The molecule has 0 saturated heterocycles. The van der Waals surface area contributed by atoms with E-state index in [1.165, 1.54) is 55.6 Å². The van der Waals surface area contributed by atoms with Gasteiger partial charge in [-0.3, -0.25) is 14.4 Å². The van der Waals surface area contributed by atoms with Crippen LogP contribution in [0, 0.1) is 17.0 Å². The summed E-state index contributed by atoms with van der Waals surface area (Å²) in [6, 6.07) is 15.5. The van der Waals surface area contributed by atoms with Crippen molar-refractivity contribution < 1.29 is 26.5 Å². The number of sulfone groups is 1. The van der Waals surface area contributed by atoms with Crippen molar-refractivity contribution in [2.24, 2.45) is 0 Å². The topological polar surface area (TPSA) is 124 Å². The lowest BCUT2D eigenvalue weighted by Crippen LogP contribution is -2.25. The smallest absolute Gasteiger partial charge is 0.273 e. The van der Waals surface area contributed by atoms with E-state index in [0.29, 0.717) is 0 Å². The lowest BCUT2D eigenvalue weighted by molar-refractivity contribution is -0.384. The first-order valence-electron chi connectivity index (χ1n) is 9.21. The molecule has 9 nitrogen and oxygen atoms in total. The fourth-order valence-corrected chi connectivity index (χ4v) is 4.57. The average molecular weight is 477 g/mol. The number of rotatable bonds is 7. The Balaban J connectivity index is 1.96. The van der Waals surface area contributed by atoms with Crippen LogP contribution < -0.4 is 9.04 Å². The molecule has 0 bridgehead atoms. The van der Waals surface area contributed by atoms with E-state index in [1.807, 2.05) is 6.92 Å². The van der Waals surface area contributed by atoms with Gasteiger partial charge in [0.05, 0.1) is 32.7 Å². The van der Waals surface area contributed by atoms with Gasteiger partial charge in [0.2, 0.25) is 19.9 Å². The van der Waals surface area contributed by atoms with Gasteiger partial charge in [-0.05, 0) is 49.4 Å². The fourth-order valence-electron chi connectivity index (χ4n) is 2.80. The number of ether oxygens (including phenoxy) is 1. The Morgan fingerprint density at radius 3 is 1.91 bits per heavy atom. The molecule has 0 fully saturated rings. The molecule has 32 heavy (non-hydrogen) atoms. The molecule has 3 aromatic rings. The Bertz CT molecular complexity index is 1370. The number of aryl methyl sites for hydroxylation is 1. The molecule has 0 heterocycles. The van der Waals surface area contributed by atoms with Gasteiger partial charge in [0.1, 0.15) is 5.75 Å². The maximum Gasteiger partial charge on any atom is 0.273 e. The van der Waals surface area contributed by atoms with Gasteiger partial charge in [-0.25, -0.2) is 16.8 Å². The normalized spacial score (nSPS) is 11.7. The molecule has 168 valence electrons. The zero-order valence-electron chi connectivity index (χ0n) is 17.4. The molecule has 0 saturated carbocycles. The van der Waals surface area contributed by atoms with Crippen LogP contribution in [0.1, 0.15) is 5.56 Å². The van der Waals surface area contributed by atoms with Crippen molar-refractivity contribution in [3.63, 3.8) is 0 Å². The van der Waals surface area contributed by atoms with Crippen LogP contribution in [0.5, 0.6) is 11.5 Å². The van der Waals surface area contributed by atoms with Gasteiger partial charge in [0.25, 0.3) is 5.69 Å². The molecule has 3 rings (SSSR count). The van der Waals surface area contributed by atoms with Gasteiger partial charge in [-0.15, -0.1) is 0 Å². The van der Waals surface area contributed by atoms with E-state index >= 15 is 0 Å². The maximum absolute atomic E-state index is 12.8. The van der Waals surface area contributed by atoms with Crippen LogP contribution in [0.4, 0.5) is 11.4 Å². The molecule has 3 aromatic carbocycles. The highest BCUT2D eigenvalue weighted by atomic mass is 32.2. The minimum absolute atomic E-state index is 0.0428. The summed E-state index contributed by atoms with van der Waals surface area (Å²) in [6.45, 7) is 1.85. The monoisotopic (exact) mass is 476 g/mol. The van der Waals surface area contributed by atoms with E-state index in [0.717, 1.165) is 22.2 Å². The van der Waals surface area contributed by atoms with Crippen LogP contribution >= 0.6 is 0 Å². The van der Waals surface area contributed by atoms with Crippen molar-refractivity contribution in [2.45, 2.75) is 16.7 Å². The molecule has 0 amide bonds. The fraction of sp³-hybridized carbons (Fsp3) is 0.143. The predicted octanol–water partition coefficient (Wildman–Crippen LogP) is 3.92. The first-order valence-corrected chi connectivity index (χ1v) is 12.5. The molecule has 0 radical (unpaired) electrons. The van der Waals surface area contributed by atoms with Crippen LogP contribution in [0.2, 0.25) is 0 Å². The number of hydrogen-bond donors (Lipinski definition) is 0. The summed E-state index contributed by atoms with van der Waals surface area (Å²) >= 11 is 0. The number of hydrogen-bond acceptors (Lipinski definition) is 7. The van der Waals surface area contributed by atoms with Crippen LogP contribution in [0.15, 0.2) is 76.5 Å². The number of anilines is 1. The van der Waals surface area contributed by atoms with E-state index in [9.17, 15) is 26.9 Å². The molecular weight excluding hydrogens is 456 g/mol. The third-order valence-corrected chi connectivity index (χ3v) is 7.66. The van der Waals surface area contributed by atoms with Crippen LogP contribution in [-0.2, 0) is 19.9 Å². The van der Waals surface area contributed by atoms with Gasteiger partial charge in [0, 0.05) is 13.1 Å². The van der Waals surface area contributed by atoms with Crippen molar-refractivity contribution in [3.8, 4) is 11.5 Å². The quantitative estimate of drug-likeness (QED) is 0.374. The van der Waals surface area contributed by atoms with Gasteiger partial charge < -0.3 is 4.74 Å². The highest BCUT2D eigenvalue weighted by Gasteiger charge is 2.21. The minimum Gasteiger partial charge on any atom is -0.455 e. The number of sulfonamides is 1. The SMILES string of the molecule is Cc1ccc(S(=O)(=O)c2ccc(Oc3cc([N+](=O)[O-])ccc3N(C)S(C)(=O)=O)cc2)cc1. The summed E-state index contributed by atoms with van der Waals surface area (Å²) in [6.07, 6.45) is 0.989. The molecule has 0 spiro atoms. The Morgan fingerprint density at radius 2 is 1.41 bits per heavy atom. The third-order valence-electron chi connectivity index (χ3n) is 4.68. The van der Waals surface area contributed by atoms with Gasteiger partial charge in [0.15, 0.2) is 5.75 Å². The second-order valence-electron chi connectivity index (χ2n) is 7.03. The van der Waals surface area contributed by atoms with Crippen molar-refractivity contribution >= 4 is 31.2 Å². The average Bonchev–Trinajstić information content (AvgIpc) is 2.73. The van der Waals surface area contributed by atoms with Crippen molar-refractivity contribution in [2.75, 3.05) is 17.6 Å². The Kier molecular flexibility index (Phi) is 6.24. The summed E-state index contributed by atoms with van der Waals surface area (Å²) in [5.74, 6) is 0.109. The third kappa shape index (κ3) is 4.89. The summed E-state index contributed by atoms with van der Waals surface area (Å²) in [7, 11) is -6.10. The molecule has 0 aliphatic carbocycles. The second kappa shape index (κ2) is 8.60. The molecule has 0 N–H and O–H groups in total. The Morgan fingerprint density at radius 1 is 0.875 bits per heavy atom. The predicted molar refractivity (Wildman–Crippen MR) is 119 cm³/mol. The zero-order chi connectivity index (χ0) is 23.7. The number of nitro groups is 1. The van der Waals surface area contributed by atoms with Gasteiger partial charge in [-0.2, -0.15) is 0 Å². The number of benzene rings is 3. The van der Waals surface area contributed by atoms with Gasteiger partial charge >= 0.3 is 0 Å².